The van der Waals surface area contributed by atoms with Gasteiger partial charge in [-0.25, -0.2) is 4.79 Å². The maximum Gasteiger partial charge on any atom is 0.410 e. The lowest BCUT2D eigenvalue weighted by Gasteiger charge is -2.31. The summed E-state index contributed by atoms with van der Waals surface area (Å²) in [5, 5.41) is 9.94. The molecule has 4 nitrogen and oxygen atoms in total. The van der Waals surface area contributed by atoms with Gasteiger partial charge in [0, 0.05) is 11.6 Å². The number of benzene rings is 1. The van der Waals surface area contributed by atoms with Crippen LogP contribution in [0.5, 0.6) is 5.75 Å². The number of hydrogen-bond donors (Lipinski definition) is 1. The average molecular weight is 291 g/mol. The molecule has 1 aliphatic rings. The summed E-state index contributed by atoms with van der Waals surface area (Å²) in [6, 6.07) is 7.36. The lowest BCUT2D eigenvalue weighted by molar-refractivity contribution is 0.0144. The van der Waals surface area contributed by atoms with Crippen LogP contribution in [-0.2, 0) is 11.3 Å². The lowest BCUT2D eigenvalue weighted by atomic mass is 10.1. The summed E-state index contributed by atoms with van der Waals surface area (Å²) < 4.78 is 5.53. The van der Waals surface area contributed by atoms with Crippen LogP contribution >= 0.6 is 0 Å². The Balaban J connectivity index is 2.16. The van der Waals surface area contributed by atoms with Gasteiger partial charge in [0.2, 0.25) is 0 Å². The quantitative estimate of drug-likeness (QED) is 0.913. The van der Waals surface area contributed by atoms with Crippen molar-refractivity contribution >= 4 is 6.09 Å². The monoisotopic (exact) mass is 291 g/mol. The van der Waals surface area contributed by atoms with E-state index < -0.39 is 5.60 Å². The molecule has 1 fully saturated rings. The minimum atomic E-state index is -0.507. The van der Waals surface area contributed by atoms with E-state index in [9.17, 15) is 9.90 Å². The van der Waals surface area contributed by atoms with Gasteiger partial charge < -0.3 is 14.7 Å². The highest BCUT2D eigenvalue weighted by Gasteiger charge is 2.30. The topological polar surface area (TPSA) is 49.8 Å². The number of para-hydroxylation sites is 1. The van der Waals surface area contributed by atoms with Gasteiger partial charge in [0.25, 0.3) is 0 Å². The molecule has 1 N–H and O–H groups in total. The molecule has 0 radical (unpaired) electrons. The third kappa shape index (κ3) is 4.38. The van der Waals surface area contributed by atoms with Crippen LogP contribution in [0.15, 0.2) is 24.3 Å². The fraction of sp³-hybridized carbons (Fsp3) is 0.588. The third-order valence-corrected chi connectivity index (χ3v) is 3.73. The Morgan fingerprint density at radius 3 is 2.48 bits per heavy atom. The van der Waals surface area contributed by atoms with Crippen molar-refractivity contribution in [2.75, 3.05) is 0 Å². The van der Waals surface area contributed by atoms with Gasteiger partial charge in [-0.2, -0.15) is 0 Å². The van der Waals surface area contributed by atoms with Gasteiger partial charge >= 0.3 is 6.09 Å². The van der Waals surface area contributed by atoms with Crippen molar-refractivity contribution in [3.63, 3.8) is 0 Å². The maximum atomic E-state index is 12.5. The highest BCUT2D eigenvalue weighted by Crippen LogP contribution is 2.28. The van der Waals surface area contributed by atoms with Crippen LogP contribution in [0.4, 0.5) is 4.79 Å². The van der Waals surface area contributed by atoms with Crippen LogP contribution in [0.1, 0.15) is 52.0 Å². The van der Waals surface area contributed by atoms with E-state index in [2.05, 4.69) is 0 Å². The molecule has 0 heterocycles. The van der Waals surface area contributed by atoms with Crippen molar-refractivity contribution in [2.45, 2.75) is 64.6 Å². The second-order valence-corrected chi connectivity index (χ2v) is 6.68. The predicted octanol–water partition coefficient (Wildman–Crippen LogP) is 4.07. The third-order valence-electron chi connectivity index (χ3n) is 3.73. The number of hydrogen-bond acceptors (Lipinski definition) is 3. The molecular formula is C17H25NO3. The molecule has 1 aliphatic carbocycles. The van der Waals surface area contributed by atoms with E-state index in [1.165, 1.54) is 0 Å². The molecule has 116 valence electrons. The number of ether oxygens (including phenoxy) is 1. The standard InChI is InChI=1S/C17H25NO3/c1-17(2,3)21-16(20)18(14-9-5-6-10-14)12-13-8-4-7-11-15(13)19/h4,7-8,11,14,19H,5-6,9-10,12H2,1-3H3. The van der Waals surface area contributed by atoms with Crippen LogP contribution < -0.4 is 0 Å². The zero-order valence-electron chi connectivity index (χ0n) is 13.1. The van der Waals surface area contributed by atoms with Crippen molar-refractivity contribution in [3.05, 3.63) is 29.8 Å². The van der Waals surface area contributed by atoms with Gasteiger partial charge in [-0.15, -0.1) is 0 Å². The Labute approximate surface area is 126 Å². The van der Waals surface area contributed by atoms with E-state index in [1.807, 2.05) is 32.9 Å². The highest BCUT2D eigenvalue weighted by atomic mass is 16.6. The average Bonchev–Trinajstić information content (AvgIpc) is 2.89. The number of amides is 1. The molecule has 1 saturated carbocycles. The molecular weight excluding hydrogens is 266 g/mol. The number of carbonyl (C=O) groups excluding carboxylic acids is 1. The normalized spacial score (nSPS) is 16.0. The van der Waals surface area contributed by atoms with E-state index in [0.717, 1.165) is 31.2 Å². The molecule has 0 aliphatic heterocycles. The molecule has 0 unspecified atom stereocenters. The number of rotatable bonds is 3. The van der Waals surface area contributed by atoms with Crippen molar-refractivity contribution in [1.29, 1.82) is 0 Å². The molecule has 0 saturated heterocycles. The summed E-state index contributed by atoms with van der Waals surface area (Å²) in [7, 11) is 0. The summed E-state index contributed by atoms with van der Waals surface area (Å²) in [6.07, 6.45) is 4.01. The van der Waals surface area contributed by atoms with Crippen LogP contribution in [0.25, 0.3) is 0 Å². The Kier molecular flexibility index (Phi) is 4.76. The van der Waals surface area contributed by atoms with Crippen molar-refractivity contribution in [2.24, 2.45) is 0 Å². The van der Waals surface area contributed by atoms with Gasteiger partial charge in [0.1, 0.15) is 11.4 Å². The van der Waals surface area contributed by atoms with Crippen LogP contribution in [0.3, 0.4) is 0 Å². The summed E-state index contributed by atoms with van der Waals surface area (Å²) in [4.78, 5) is 14.3. The zero-order chi connectivity index (χ0) is 15.5. The number of nitrogens with zero attached hydrogens (tertiary/aromatic N) is 1. The minimum absolute atomic E-state index is 0.208. The number of aromatic hydroxyl groups is 1. The van der Waals surface area contributed by atoms with Crippen molar-refractivity contribution in [3.8, 4) is 5.75 Å². The fourth-order valence-electron chi connectivity index (χ4n) is 2.71. The van der Waals surface area contributed by atoms with Crippen LogP contribution in [0.2, 0.25) is 0 Å². The zero-order valence-corrected chi connectivity index (χ0v) is 13.1. The molecule has 1 aromatic rings. The smallest absolute Gasteiger partial charge is 0.410 e. The maximum absolute atomic E-state index is 12.5. The van der Waals surface area contributed by atoms with Gasteiger partial charge in [0.05, 0.1) is 6.54 Å². The largest absolute Gasteiger partial charge is 0.508 e. The molecule has 4 heteroatoms. The highest BCUT2D eigenvalue weighted by molar-refractivity contribution is 5.68. The SMILES string of the molecule is CC(C)(C)OC(=O)N(Cc1ccccc1O)C1CCCC1. The van der Waals surface area contributed by atoms with Gasteiger partial charge in [0.15, 0.2) is 0 Å². The second kappa shape index (κ2) is 6.37. The van der Waals surface area contributed by atoms with Crippen molar-refractivity contribution in [1.82, 2.24) is 4.90 Å². The van der Waals surface area contributed by atoms with Gasteiger partial charge in [-0.05, 0) is 39.7 Å². The molecule has 21 heavy (non-hydrogen) atoms. The van der Waals surface area contributed by atoms with E-state index in [1.54, 1.807) is 17.0 Å². The number of carbonyl (C=O) groups is 1. The van der Waals surface area contributed by atoms with E-state index in [0.29, 0.717) is 6.54 Å². The first-order chi connectivity index (χ1) is 9.87. The Hall–Kier alpha value is -1.71. The molecule has 0 atom stereocenters. The van der Waals surface area contributed by atoms with E-state index in [-0.39, 0.29) is 17.9 Å². The minimum Gasteiger partial charge on any atom is -0.508 e. The first-order valence-electron chi connectivity index (χ1n) is 7.63. The van der Waals surface area contributed by atoms with E-state index in [4.69, 9.17) is 4.74 Å². The van der Waals surface area contributed by atoms with Crippen molar-refractivity contribution < 1.29 is 14.6 Å². The van der Waals surface area contributed by atoms with Gasteiger partial charge in [-0.3, -0.25) is 0 Å². The molecule has 0 bridgehead atoms. The fourth-order valence-corrected chi connectivity index (χ4v) is 2.71. The summed E-state index contributed by atoms with van der Waals surface area (Å²) in [6.45, 7) is 6.01. The molecule has 1 aromatic carbocycles. The van der Waals surface area contributed by atoms with Crippen LogP contribution in [-0.4, -0.2) is 27.7 Å². The number of phenols is 1. The predicted molar refractivity (Wildman–Crippen MR) is 82.1 cm³/mol. The van der Waals surface area contributed by atoms with E-state index >= 15 is 0 Å². The summed E-state index contributed by atoms with van der Waals surface area (Å²) >= 11 is 0. The molecule has 1 amide bonds. The van der Waals surface area contributed by atoms with Gasteiger partial charge in [-0.1, -0.05) is 31.0 Å². The second-order valence-electron chi connectivity index (χ2n) is 6.68. The molecule has 2 rings (SSSR count). The first kappa shape index (κ1) is 15.7. The van der Waals surface area contributed by atoms with Crippen LogP contribution in [0, 0.1) is 0 Å². The summed E-state index contributed by atoms with van der Waals surface area (Å²) in [5.41, 5.74) is 0.252. The Bertz CT molecular complexity index is 487. The summed E-state index contributed by atoms with van der Waals surface area (Å²) in [5.74, 6) is 0.226. The first-order valence-corrected chi connectivity index (χ1v) is 7.63. The Morgan fingerprint density at radius 2 is 1.90 bits per heavy atom. The lowest BCUT2D eigenvalue weighted by Crippen LogP contribution is -2.41. The number of phenolic OH excluding ortho intramolecular Hbond substituents is 1. The molecule has 0 aromatic heterocycles. The Morgan fingerprint density at radius 1 is 1.29 bits per heavy atom. The molecule has 0 spiro atoms.